The highest BCUT2D eigenvalue weighted by atomic mass is 16.5. The van der Waals surface area contributed by atoms with Crippen LogP contribution < -0.4 is 4.74 Å². The first-order valence-electron chi connectivity index (χ1n) is 10.1. The predicted octanol–water partition coefficient (Wildman–Crippen LogP) is 2.77. The fraction of sp³-hybridized carbons (Fsp3) is 0.500. The molecule has 4 rings (SSSR count). The topological polar surface area (TPSA) is 58.6 Å². The average molecular weight is 380 g/mol. The average Bonchev–Trinajstić information content (AvgIpc) is 2.73. The van der Waals surface area contributed by atoms with Gasteiger partial charge in [-0.2, -0.15) is 0 Å². The fourth-order valence-electron chi connectivity index (χ4n) is 4.22. The van der Waals surface area contributed by atoms with Crippen molar-refractivity contribution in [3.05, 3.63) is 53.1 Å². The summed E-state index contributed by atoms with van der Waals surface area (Å²) in [4.78, 5) is 25.6. The summed E-state index contributed by atoms with van der Waals surface area (Å²) in [7, 11) is 1.70. The van der Waals surface area contributed by atoms with Crippen LogP contribution in [0.1, 0.15) is 48.3 Å². The third kappa shape index (κ3) is 4.17. The molecule has 1 fully saturated rings. The molecule has 1 aromatic carbocycles. The van der Waals surface area contributed by atoms with Crippen LogP contribution in [0.5, 0.6) is 5.75 Å². The van der Waals surface area contributed by atoms with Gasteiger partial charge in [-0.25, -0.2) is 9.97 Å². The van der Waals surface area contributed by atoms with Crippen LogP contribution in [0.15, 0.2) is 30.5 Å². The van der Waals surface area contributed by atoms with Crippen molar-refractivity contribution in [3.63, 3.8) is 0 Å². The maximum absolute atomic E-state index is 11.7. The van der Waals surface area contributed by atoms with Crippen molar-refractivity contribution in [2.24, 2.45) is 0 Å². The van der Waals surface area contributed by atoms with E-state index in [1.165, 1.54) is 16.8 Å². The lowest BCUT2D eigenvalue weighted by Crippen LogP contribution is -2.38. The molecule has 0 N–H and O–H groups in total. The summed E-state index contributed by atoms with van der Waals surface area (Å²) < 4.78 is 5.33. The zero-order chi connectivity index (χ0) is 19.5. The number of carbonyl (C=O) groups is 1. The van der Waals surface area contributed by atoms with Crippen LogP contribution in [0.3, 0.4) is 0 Å². The van der Waals surface area contributed by atoms with Crippen LogP contribution in [-0.4, -0.2) is 52.4 Å². The van der Waals surface area contributed by atoms with Gasteiger partial charge in [0.05, 0.1) is 7.11 Å². The van der Waals surface area contributed by atoms with Gasteiger partial charge in [0.1, 0.15) is 11.6 Å². The number of likely N-dealkylation sites (tertiary alicyclic amines) is 1. The summed E-state index contributed by atoms with van der Waals surface area (Å²) in [5.41, 5.74) is 3.65. The number of piperidine rings is 1. The van der Waals surface area contributed by atoms with Crippen LogP contribution in [0.25, 0.3) is 0 Å². The molecular weight excluding hydrogens is 352 g/mol. The zero-order valence-corrected chi connectivity index (χ0v) is 16.7. The third-order valence-corrected chi connectivity index (χ3v) is 5.80. The monoisotopic (exact) mass is 380 g/mol. The number of benzene rings is 1. The number of carbonyl (C=O) groups excluding carboxylic acids is 1. The Morgan fingerprint density at radius 2 is 2.21 bits per heavy atom. The quantitative estimate of drug-likeness (QED) is 0.816. The Labute approximate surface area is 166 Å². The molecule has 3 heterocycles. The van der Waals surface area contributed by atoms with E-state index in [9.17, 15) is 4.79 Å². The summed E-state index contributed by atoms with van der Waals surface area (Å²) in [5.74, 6) is 2.22. The molecule has 1 saturated heterocycles. The SMILES string of the molecule is COc1cccc(CN2CCc3nc(C4CCCN(C(C)=O)C4)ncc3C2)c1. The van der Waals surface area contributed by atoms with E-state index in [1.807, 2.05) is 23.2 Å². The molecule has 1 amide bonds. The molecule has 28 heavy (non-hydrogen) atoms. The second kappa shape index (κ2) is 8.27. The predicted molar refractivity (Wildman–Crippen MR) is 107 cm³/mol. The molecule has 2 aliphatic heterocycles. The van der Waals surface area contributed by atoms with Crippen LogP contribution in [0, 0.1) is 0 Å². The number of ether oxygens (including phenoxy) is 1. The first-order valence-corrected chi connectivity index (χ1v) is 10.1. The standard InChI is InChI=1S/C22H28N4O2/c1-16(27)26-9-4-6-18(15-26)22-23-12-19-14-25(10-8-21(19)24-22)13-17-5-3-7-20(11-17)28-2/h3,5,7,11-12,18H,4,6,8-10,13-15H2,1-2H3. The minimum absolute atomic E-state index is 0.149. The molecule has 1 atom stereocenters. The molecule has 0 spiro atoms. The lowest BCUT2D eigenvalue weighted by atomic mass is 9.96. The molecule has 0 aliphatic carbocycles. The Morgan fingerprint density at radius 1 is 1.32 bits per heavy atom. The van der Waals surface area contributed by atoms with Crippen molar-refractivity contribution in [1.29, 1.82) is 0 Å². The Hall–Kier alpha value is -2.47. The van der Waals surface area contributed by atoms with Gasteiger partial charge < -0.3 is 9.64 Å². The van der Waals surface area contributed by atoms with Gasteiger partial charge in [-0.15, -0.1) is 0 Å². The molecule has 6 nitrogen and oxygen atoms in total. The molecule has 0 bridgehead atoms. The lowest BCUT2D eigenvalue weighted by molar-refractivity contribution is -0.130. The molecule has 6 heteroatoms. The Bertz CT molecular complexity index is 854. The van der Waals surface area contributed by atoms with Gasteiger partial charge >= 0.3 is 0 Å². The Morgan fingerprint density at radius 3 is 3.04 bits per heavy atom. The van der Waals surface area contributed by atoms with Gasteiger partial charge in [-0.05, 0) is 30.5 Å². The molecule has 1 aromatic heterocycles. The maximum atomic E-state index is 11.7. The van der Waals surface area contributed by atoms with Crippen molar-refractivity contribution in [1.82, 2.24) is 19.8 Å². The van der Waals surface area contributed by atoms with Gasteiger partial charge in [-0.1, -0.05) is 12.1 Å². The van der Waals surface area contributed by atoms with E-state index in [1.54, 1.807) is 14.0 Å². The minimum atomic E-state index is 0.149. The van der Waals surface area contributed by atoms with Crippen molar-refractivity contribution in [2.75, 3.05) is 26.7 Å². The number of fused-ring (bicyclic) bond motifs is 1. The molecule has 1 unspecified atom stereocenters. The second-order valence-electron chi connectivity index (χ2n) is 7.82. The van der Waals surface area contributed by atoms with E-state index in [0.717, 1.165) is 63.6 Å². The zero-order valence-electron chi connectivity index (χ0n) is 16.7. The first kappa shape index (κ1) is 18.9. The number of rotatable bonds is 4. The highest BCUT2D eigenvalue weighted by Gasteiger charge is 2.26. The highest BCUT2D eigenvalue weighted by Crippen LogP contribution is 2.27. The number of hydrogen-bond acceptors (Lipinski definition) is 5. The van der Waals surface area contributed by atoms with Gasteiger partial charge in [-0.3, -0.25) is 9.69 Å². The minimum Gasteiger partial charge on any atom is -0.497 e. The van der Waals surface area contributed by atoms with E-state index in [-0.39, 0.29) is 11.8 Å². The summed E-state index contributed by atoms with van der Waals surface area (Å²) in [6, 6.07) is 8.25. The van der Waals surface area contributed by atoms with Crippen LogP contribution in [0.2, 0.25) is 0 Å². The Balaban J connectivity index is 1.43. The van der Waals surface area contributed by atoms with E-state index in [0.29, 0.717) is 0 Å². The van der Waals surface area contributed by atoms with Crippen molar-refractivity contribution >= 4 is 5.91 Å². The number of nitrogens with zero attached hydrogens (tertiary/aromatic N) is 4. The van der Waals surface area contributed by atoms with E-state index in [2.05, 4.69) is 22.0 Å². The van der Waals surface area contributed by atoms with Gasteiger partial charge in [0, 0.05) is 69.4 Å². The molecule has 148 valence electrons. The lowest BCUT2D eigenvalue weighted by Gasteiger charge is -2.32. The van der Waals surface area contributed by atoms with Gasteiger partial charge in [0.2, 0.25) is 5.91 Å². The number of amides is 1. The summed E-state index contributed by atoms with van der Waals surface area (Å²) in [6.07, 6.45) is 5.03. The van der Waals surface area contributed by atoms with Gasteiger partial charge in [0.25, 0.3) is 0 Å². The summed E-state index contributed by atoms with van der Waals surface area (Å²) in [6.45, 7) is 6.01. The summed E-state index contributed by atoms with van der Waals surface area (Å²) in [5, 5.41) is 0. The smallest absolute Gasteiger partial charge is 0.219 e. The van der Waals surface area contributed by atoms with Crippen molar-refractivity contribution < 1.29 is 9.53 Å². The van der Waals surface area contributed by atoms with Crippen LogP contribution >= 0.6 is 0 Å². The van der Waals surface area contributed by atoms with E-state index < -0.39 is 0 Å². The van der Waals surface area contributed by atoms with Gasteiger partial charge in [0.15, 0.2) is 0 Å². The normalized spacial score (nSPS) is 19.9. The highest BCUT2D eigenvalue weighted by molar-refractivity contribution is 5.73. The summed E-state index contributed by atoms with van der Waals surface area (Å²) >= 11 is 0. The molecule has 2 aliphatic rings. The first-order chi connectivity index (χ1) is 13.6. The number of hydrogen-bond donors (Lipinski definition) is 0. The van der Waals surface area contributed by atoms with Crippen LogP contribution in [0.4, 0.5) is 0 Å². The number of methoxy groups -OCH3 is 1. The molecule has 0 radical (unpaired) electrons. The maximum Gasteiger partial charge on any atom is 0.219 e. The second-order valence-corrected chi connectivity index (χ2v) is 7.82. The number of aromatic nitrogens is 2. The fourth-order valence-corrected chi connectivity index (χ4v) is 4.22. The van der Waals surface area contributed by atoms with E-state index >= 15 is 0 Å². The largest absolute Gasteiger partial charge is 0.497 e. The molecular formula is C22H28N4O2. The third-order valence-electron chi connectivity index (χ3n) is 5.80. The van der Waals surface area contributed by atoms with E-state index in [4.69, 9.17) is 9.72 Å². The Kier molecular flexibility index (Phi) is 5.57. The molecule has 2 aromatic rings. The van der Waals surface area contributed by atoms with Crippen molar-refractivity contribution in [3.8, 4) is 5.75 Å². The van der Waals surface area contributed by atoms with Crippen LogP contribution in [-0.2, 0) is 24.3 Å². The van der Waals surface area contributed by atoms with Crippen molar-refractivity contribution in [2.45, 2.75) is 45.2 Å². The molecule has 0 saturated carbocycles.